The summed E-state index contributed by atoms with van der Waals surface area (Å²) in [7, 11) is 0. The maximum absolute atomic E-state index is 9.41. The molecule has 0 rings (SSSR count). The third-order valence-corrected chi connectivity index (χ3v) is 1.46. The van der Waals surface area contributed by atoms with E-state index in [-0.39, 0.29) is 18.9 Å². The summed E-state index contributed by atoms with van der Waals surface area (Å²) in [5, 5.41) is 0. The van der Waals surface area contributed by atoms with Gasteiger partial charge in [-0.2, -0.15) is 0 Å². The van der Waals surface area contributed by atoms with Gasteiger partial charge in [0.1, 0.15) is 0 Å². The molecule has 0 radical (unpaired) electrons. The first-order valence-electron chi connectivity index (χ1n) is 0.904. The van der Waals surface area contributed by atoms with Crippen molar-refractivity contribution in [3.63, 3.8) is 0 Å². The van der Waals surface area contributed by atoms with E-state index >= 15 is 0 Å². The molecular formula is HCoLiMnO5. The topological polar surface area (TPSA) is 80.7 Å². The Labute approximate surface area is 65.7 Å². The van der Waals surface area contributed by atoms with E-state index in [0.717, 1.165) is 0 Å². The first-order valence-corrected chi connectivity index (χ1v) is 3.73. The van der Waals surface area contributed by atoms with Crippen molar-refractivity contribution in [3.05, 3.63) is 0 Å². The summed E-state index contributed by atoms with van der Waals surface area (Å²) < 4.78 is 38.8. The Balaban J connectivity index is 0. The quantitative estimate of drug-likeness (QED) is 0.461. The Kier molecular flexibility index (Phi) is 7.01. The molecule has 0 heterocycles. The second-order valence-electron chi connectivity index (χ2n) is 0.503. The molecule has 0 saturated carbocycles. The van der Waals surface area contributed by atoms with Gasteiger partial charge in [0.25, 0.3) is 0 Å². The molecule has 0 bridgehead atoms. The van der Waals surface area contributed by atoms with Crippen molar-refractivity contribution >= 4 is 0 Å². The Morgan fingerprint density at radius 2 is 1.88 bits per heavy atom. The minimum absolute atomic E-state index is 0. The van der Waals surface area contributed by atoms with Gasteiger partial charge in [-0.1, -0.05) is 0 Å². The average Bonchev–Trinajstić information content (AvgIpc) is 1.30. The van der Waals surface area contributed by atoms with Gasteiger partial charge in [0.2, 0.25) is 0 Å². The van der Waals surface area contributed by atoms with Crippen molar-refractivity contribution in [2.45, 2.75) is 0 Å². The molecule has 0 aliphatic rings. The molecule has 0 fully saturated rings. The van der Waals surface area contributed by atoms with Crippen molar-refractivity contribution in [1.82, 2.24) is 0 Å². The number of hydrogen-bond acceptors (Lipinski definition) is 4. The van der Waals surface area contributed by atoms with Crippen molar-refractivity contribution in [3.8, 4) is 0 Å². The molecule has 5 nitrogen and oxygen atoms in total. The number of hydrogen-bond donors (Lipinski definition) is 1. The van der Waals surface area contributed by atoms with E-state index < -0.39 is 28.3 Å². The summed E-state index contributed by atoms with van der Waals surface area (Å²) in [6, 6.07) is 0. The van der Waals surface area contributed by atoms with Gasteiger partial charge in [0.05, 0.1) is 0 Å². The second-order valence-corrected chi connectivity index (χ2v) is 2.74. The van der Waals surface area contributed by atoms with Crippen molar-refractivity contribution in [2.75, 3.05) is 0 Å². The van der Waals surface area contributed by atoms with E-state index in [1.165, 1.54) is 0 Å². The van der Waals surface area contributed by atoms with E-state index in [9.17, 15) is 7.67 Å². The monoisotopic (exact) mass is 202 g/mol. The molecule has 1 N–H and O–H groups in total. The first kappa shape index (κ1) is 11.7. The van der Waals surface area contributed by atoms with Crippen LogP contribution in [0.4, 0.5) is 0 Å². The fourth-order valence-corrected chi connectivity index (χ4v) is 0.451. The van der Waals surface area contributed by atoms with Crippen LogP contribution in [0.1, 0.15) is 0 Å². The maximum atomic E-state index is 9.41. The zero-order valence-electron chi connectivity index (χ0n) is 3.79. The third kappa shape index (κ3) is 10.0. The van der Waals surface area contributed by atoms with Crippen LogP contribution in [0.5, 0.6) is 0 Å². The van der Waals surface area contributed by atoms with Gasteiger partial charge in [-0.05, 0) is 0 Å². The van der Waals surface area contributed by atoms with Gasteiger partial charge in [0, 0.05) is 0 Å². The fourth-order valence-electron chi connectivity index (χ4n) is 0.0265. The van der Waals surface area contributed by atoms with Crippen molar-refractivity contribution in [1.29, 1.82) is 0 Å². The minimum atomic E-state index is -5.00. The zero-order valence-corrected chi connectivity index (χ0v) is 6.01. The van der Waals surface area contributed by atoms with E-state index in [0.29, 0.717) is 0 Å². The molecule has 0 atom stereocenters. The molecule has 8 heavy (non-hydrogen) atoms. The summed E-state index contributed by atoms with van der Waals surface area (Å²) in [4.78, 5) is 0. The van der Waals surface area contributed by atoms with Crippen LogP contribution >= 0.6 is 0 Å². The molecular weight excluding hydrogens is 201 g/mol. The summed E-state index contributed by atoms with van der Waals surface area (Å²) in [6.07, 6.45) is 0. The van der Waals surface area contributed by atoms with Crippen molar-refractivity contribution in [2.24, 2.45) is 0 Å². The normalized spacial score (nSPS) is 10.6. The van der Waals surface area contributed by atoms with Gasteiger partial charge in [-0.25, -0.2) is 0 Å². The number of rotatable bonds is 2. The van der Waals surface area contributed by atoms with Crippen LogP contribution in [-0.2, 0) is 42.8 Å². The summed E-state index contributed by atoms with van der Waals surface area (Å²) in [6.45, 7) is 0. The molecule has 0 spiro atoms. The standard InChI is InChI=1S/Co.Li.Mn.H2O.4O/h;;;1H2;;;;/q-1;2*+1;;;;;/p-1. The van der Waals surface area contributed by atoms with Crippen LogP contribution in [0, 0.1) is 0 Å². The van der Waals surface area contributed by atoms with Crippen LogP contribution in [0.15, 0.2) is 0 Å². The van der Waals surface area contributed by atoms with Crippen LogP contribution in [0.25, 0.3) is 0 Å². The van der Waals surface area contributed by atoms with E-state index in [1.807, 2.05) is 0 Å². The molecule has 0 amide bonds. The van der Waals surface area contributed by atoms with Gasteiger partial charge in [0.15, 0.2) is 0 Å². The molecule has 0 aliphatic carbocycles. The van der Waals surface area contributed by atoms with Crippen LogP contribution in [0.2, 0.25) is 0 Å². The van der Waals surface area contributed by atoms with E-state index in [4.69, 9.17) is 8.05 Å². The molecule has 0 aliphatic heterocycles. The Morgan fingerprint density at radius 1 is 1.50 bits per heavy atom. The predicted molar refractivity (Wildman–Crippen MR) is 5.36 cm³/mol. The Hall–Kier alpha value is 0.943. The third-order valence-electron chi connectivity index (χ3n) is 0.0860. The predicted octanol–water partition coefficient (Wildman–Crippen LogP) is -3.98. The molecule has 0 saturated heterocycles. The van der Waals surface area contributed by atoms with Gasteiger partial charge in [-0.3, -0.25) is 0 Å². The second kappa shape index (κ2) is 4.79. The molecule has 0 aromatic carbocycles. The van der Waals surface area contributed by atoms with Crippen LogP contribution in [0.3, 0.4) is 0 Å². The van der Waals surface area contributed by atoms with Gasteiger partial charge >= 0.3 is 65.8 Å². The van der Waals surface area contributed by atoms with Crippen molar-refractivity contribution < 1.29 is 65.8 Å². The molecule has 0 aromatic heterocycles. The summed E-state index contributed by atoms with van der Waals surface area (Å²) in [5.74, 6) is 0. The molecule has 0 unspecified atom stereocenters. The summed E-state index contributed by atoms with van der Waals surface area (Å²) >= 11 is -6.03. The van der Waals surface area contributed by atoms with Gasteiger partial charge < -0.3 is 0 Å². The Bertz CT molecular complexity index is 146. The SMILES string of the molecule is [Li+].[O]=[Co-][O][Mn](=[O])(=[O])[OH]. The molecule has 48 valence electrons. The van der Waals surface area contributed by atoms with E-state index in [2.05, 4.69) is 2.93 Å². The Morgan fingerprint density at radius 3 is 1.88 bits per heavy atom. The van der Waals surface area contributed by atoms with Gasteiger partial charge in [-0.15, -0.1) is 0 Å². The molecule has 8 heteroatoms. The summed E-state index contributed by atoms with van der Waals surface area (Å²) in [5.41, 5.74) is 0. The first-order chi connectivity index (χ1) is 3.06. The van der Waals surface area contributed by atoms with E-state index in [1.54, 1.807) is 0 Å². The zero-order chi connectivity index (χ0) is 5.91. The van der Waals surface area contributed by atoms with Crippen LogP contribution < -0.4 is 18.9 Å². The van der Waals surface area contributed by atoms with Crippen LogP contribution in [-0.4, -0.2) is 4.19 Å². The molecule has 0 aromatic rings. The fraction of sp³-hybridized carbons (Fsp3) is 0. The average molecular weight is 202 g/mol.